The van der Waals surface area contributed by atoms with Crippen molar-refractivity contribution in [3.8, 4) is 0 Å². The maximum absolute atomic E-state index is 10.5. The number of hydrogen-bond acceptors (Lipinski definition) is 1. The summed E-state index contributed by atoms with van der Waals surface area (Å²) >= 11 is 0. The summed E-state index contributed by atoms with van der Waals surface area (Å²) in [4.78, 5) is 10.5. The van der Waals surface area contributed by atoms with Crippen LogP contribution in [0.15, 0.2) is 12.2 Å². The molecule has 2 nitrogen and oxygen atoms in total. The molecule has 0 saturated heterocycles. The molecule has 1 saturated carbocycles. The minimum Gasteiger partial charge on any atom is -0.370 e. The number of fused-ring (bicyclic) bond motifs is 2. The van der Waals surface area contributed by atoms with Gasteiger partial charge >= 0.3 is 0 Å². The van der Waals surface area contributed by atoms with Crippen molar-refractivity contribution in [2.75, 3.05) is 0 Å². The van der Waals surface area contributed by atoms with Crippen LogP contribution in [0, 0.1) is 17.8 Å². The Kier molecular flexibility index (Phi) is 2.38. The largest absolute Gasteiger partial charge is 0.370 e. The van der Waals surface area contributed by atoms with Crippen LogP contribution >= 0.6 is 0 Å². The van der Waals surface area contributed by atoms with E-state index in [-0.39, 0.29) is 5.91 Å². The Morgan fingerprint density at radius 3 is 2.77 bits per heavy atom. The van der Waals surface area contributed by atoms with Gasteiger partial charge in [-0.1, -0.05) is 12.2 Å². The second-order valence-electron chi connectivity index (χ2n) is 4.40. The summed E-state index contributed by atoms with van der Waals surface area (Å²) in [6.07, 6.45) is 10.2. The van der Waals surface area contributed by atoms with Gasteiger partial charge in [0.2, 0.25) is 5.91 Å². The molecular formula is C11H17NO. The number of amides is 1. The molecule has 72 valence electrons. The predicted molar refractivity (Wildman–Crippen MR) is 51.9 cm³/mol. The quantitative estimate of drug-likeness (QED) is 0.658. The molecule has 2 rings (SSSR count). The maximum Gasteiger partial charge on any atom is 0.217 e. The molecule has 1 amide bonds. The molecule has 3 atom stereocenters. The van der Waals surface area contributed by atoms with E-state index in [0.29, 0.717) is 6.42 Å². The lowest BCUT2D eigenvalue weighted by molar-refractivity contribution is -0.118. The van der Waals surface area contributed by atoms with Crippen LogP contribution in [0.1, 0.15) is 32.1 Å². The molecule has 2 bridgehead atoms. The fourth-order valence-electron chi connectivity index (χ4n) is 2.77. The highest BCUT2D eigenvalue weighted by molar-refractivity contribution is 5.73. The Balaban J connectivity index is 1.72. The van der Waals surface area contributed by atoms with E-state index in [9.17, 15) is 4.79 Å². The minimum atomic E-state index is -0.154. The van der Waals surface area contributed by atoms with Gasteiger partial charge in [0.25, 0.3) is 0 Å². The van der Waals surface area contributed by atoms with Crippen molar-refractivity contribution in [2.24, 2.45) is 23.5 Å². The summed E-state index contributed by atoms with van der Waals surface area (Å²) in [5.41, 5.74) is 5.10. The summed E-state index contributed by atoms with van der Waals surface area (Å²) < 4.78 is 0. The zero-order valence-corrected chi connectivity index (χ0v) is 7.91. The average molecular weight is 179 g/mol. The molecule has 2 N–H and O–H groups in total. The fourth-order valence-corrected chi connectivity index (χ4v) is 2.77. The highest BCUT2D eigenvalue weighted by Crippen LogP contribution is 2.45. The van der Waals surface area contributed by atoms with Crippen molar-refractivity contribution in [3.63, 3.8) is 0 Å². The zero-order chi connectivity index (χ0) is 9.26. The second-order valence-corrected chi connectivity index (χ2v) is 4.40. The summed E-state index contributed by atoms with van der Waals surface area (Å²) in [5.74, 6) is 2.36. The first-order chi connectivity index (χ1) is 6.25. The molecule has 2 aliphatic rings. The molecule has 0 aromatic heterocycles. The third-order valence-electron chi connectivity index (χ3n) is 3.41. The van der Waals surface area contributed by atoms with Crippen LogP contribution in [0.3, 0.4) is 0 Å². The summed E-state index contributed by atoms with van der Waals surface area (Å²) in [6.45, 7) is 0. The van der Waals surface area contributed by atoms with E-state index in [4.69, 9.17) is 5.73 Å². The Hall–Kier alpha value is -0.790. The van der Waals surface area contributed by atoms with Crippen LogP contribution < -0.4 is 5.73 Å². The number of carbonyl (C=O) groups excluding carboxylic acids is 1. The van der Waals surface area contributed by atoms with Crippen LogP contribution in [0.25, 0.3) is 0 Å². The van der Waals surface area contributed by atoms with Crippen LogP contribution in [-0.4, -0.2) is 5.91 Å². The van der Waals surface area contributed by atoms with E-state index in [1.165, 1.54) is 19.3 Å². The third-order valence-corrected chi connectivity index (χ3v) is 3.41. The topological polar surface area (TPSA) is 43.1 Å². The van der Waals surface area contributed by atoms with Crippen LogP contribution in [0.2, 0.25) is 0 Å². The second kappa shape index (κ2) is 3.52. The van der Waals surface area contributed by atoms with E-state index >= 15 is 0 Å². The zero-order valence-electron chi connectivity index (χ0n) is 7.91. The molecule has 1 fully saturated rings. The molecule has 0 heterocycles. The van der Waals surface area contributed by atoms with Gasteiger partial charge in [0.1, 0.15) is 0 Å². The van der Waals surface area contributed by atoms with Gasteiger partial charge in [0.15, 0.2) is 0 Å². The van der Waals surface area contributed by atoms with Crippen molar-refractivity contribution < 1.29 is 4.79 Å². The monoisotopic (exact) mass is 179 g/mol. The van der Waals surface area contributed by atoms with Gasteiger partial charge in [-0.05, 0) is 43.4 Å². The number of hydrogen-bond donors (Lipinski definition) is 1. The van der Waals surface area contributed by atoms with Gasteiger partial charge in [-0.3, -0.25) is 4.79 Å². The summed E-state index contributed by atoms with van der Waals surface area (Å²) in [5, 5.41) is 0. The Morgan fingerprint density at radius 2 is 2.23 bits per heavy atom. The van der Waals surface area contributed by atoms with Gasteiger partial charge < -0.3 is 5.73 Å². The first kappa shape index (κ1) is 8.79. The Bertz CT molecular complexity index is 234. The van der Waals surface area contributed by atoms with E-state index in [1.807, 2.05) is 0 Å². The van der Waals surface area contributed by atoms with Gasteiger partial charge in [0, 0.05) is 6.42 Å². The molecular weight excluding hydrogens is 162 g/mol. The summed E-state index contributed by atoms with van der Waals surface area (Å²) in [6, 6.07) is 0. The average Bonchev–Trinajstić information content (AvgIpc) is 2.64. The molecule has 2 aliphatic carbocycles. The lowest BCUT2D eigenvalue weighted by Gasteiger charge is -2.16. The molecule has 2 heteroatoms. The minimum absolute atomic E-state index is 0.154. The van der Waals surface area contributed by atoms with Crippen molar-refractivity contribution in [2.45, 2.75) is 32.1 Å². The molecule has 0 radical (unpaired) electrons. The van der Waals surface area contributed by atoms with Gasteiger partial charge in [-0.15, -0.1) is 0 Å². The molecule has 0 spiro atoms. The molecule has 0 aliphatic heterocycles. The lowest BCUT2D eigenvalue weighted by atomic mass is 9.89. The lowest BCUT2D eigenvalue weighted by Crippen LogP contribution is -2.12. The van der Waals surface area contributed by atoms with E-state index in [0.717, 1.165) is 24.2 Å². The first-order valence-corrected chi connectivity index (χ1v) is 5.22. The number of primary amides is 1. The fraction of sp³-hybridized carbons (Fsp3) is 0.727. The molecule has 13 heavy (non-hydrogen) atoms. The van der Waals surface area contributed by atoms with Crippen molar-refractivity contribution in [1.82, 2.24) is 0 Å². The summed E-state index contributed by atoms with van der Waals surface area (Å²) in [7, 11) is 0. The van der Waals surface area contributed by atoms with E-state index in [1.54, 1.807) is 0 Å². The van der Waals surface area contributed by atoms with E-state index in [2.05, 4.69) is 12.2 Å². The number of nitrogens with two attached hydrogens (primary N) is 1. The number of carbonyl (C=O) groups is 1. The van der Waals surface area contributed by atoms with Gasteiger partial charge in [0.05, 0.1) is 0 Å². The SMILES string of the molecule is NC(=O)CCCC1CC2C=CC1C2. The van der Waals surface area contributed by atoms with Crippen LogP contribution in [0.4, 0.5) is 0 Å². The smallest absolute Gasteiger partial charge is 0.217 e. The first-order valence-electron chi connectivity index (χ1n) is 5.22. The highest BCUT2D eigenvalue weighted by atomic mass is 16.1. The Morgan fingerprint density at radius 1 is 1.38 bits per heavy atom. The predicted octanol–water partition coefficient (Wildman–Crippen LogP) is 1.85. The van der Waals surface area contributed by atoms with Crippen LogP contribution in [0.5, 0.6) is 0 Å². The van der Waals surface area contributed by atoms with Gasteiger partial charge in [-0.25, -0.2) is 0 Å². The normalized spacial score (nSPS) is 35.5. The van der Waals surface area contributed by atoms with E-state index < -0.39 is 0 Å². The van der Waals surface area contributed by atoms with Crippen LogP contribution in [-0.2, 0) is 4.79 Å². The van der Waals surface area contributed by atoms with Crippen molar-refractivity contribution in [3.05, 3.63) is 12.2 Å². The highest BCUT2D eigenvalue weighted by Gasteiger charge is 2.34. The molecule has 0 aromatic rings. The maximum atomic E-state index is 10.5. The number of allylic oxidation sites excluding steroid dienone is 2. The number of rotatable bonds is 4. The molecule has 0 aromatic carbocycles. The van der Waals surface area contributed by atoms with Crippen molar-refractivity contribution in [1.29, 1.82) is 0 Å². The van der Waals surface area contributed by atoms with Gasteiger partial charge in [-0.2, -0.15) is 0 Å². The Labute approximate surface area is 79.2 Å². The standard InChI is InChI=1S/C11H17NO/c12-11(13)3-1-2-9-6-8-4-5-10(9)7-8/h4-5,8-10H,1-3,6-7H2,(H2,12,13). The third kappa shape index (κ3) is 1.93. The molecule has 3 unspecified atom stereocenters. The van der Waals surface area contributed by atoms with Crippen molar-refractivity contribution >= 4 is 5.91 Å².